The summed E-state index contributed by atoms with van der Waals surface area (Å²) in [6.45, 7) is 0. The number of carbonyl (C=O) groups excluding carboxylic acids is 1. The number of fused-ring (bicyclic) bond motifs is 1. The van der Waals surface area contributed by atoms with Gasteiger partial charge in [0.05, 0.1) is 5.92 Å². The van der Waals surface area contributed by atoms with Gasteiger partial charge in [-0.2, -0.15) is 0 Å². The lowest BCUT2D eigenvalue weighted by Crippen LogP contribution is -2.14. The van der Waals surface area contributed by atoms with Gasteiger partial charge < -0.3 is 5.32 Å². The number of anilines is 1. The van der Waals surface area contributed by atoms with Gasteiger partial charge in [-0.25, -0.2) is 4.98 Å². The van der Waals surface area contributed by atoms with E-state index in [1.54, 1.807) is 0 Å². The molecule has 3 rings (SSSR count). The summed E-state index contributed by atoms with van der Waals surface area (Å²) in [4.78, 5) is 16.4. The van der Waals surface area contributed by atoms with E-state index in [0.717, 1.165) is 21.5 Å². The summed E-state index contributed by atoms with van der Waals surface area (Å²) in [6.07, 6.45) is 0.627. The maximum atomic E-state index is 12.0. The van der Waals surface area contributed by atoms with Crippen molar-refractivity contribution in [1.82, 2.24) is 4.98 Å². The molecular formula is C14H11BrN2O. The van der Waals surface area contributed by atoms with Crippen molar-refractivity contribution in [3.8, 4) is 0 Å². The van der Waals surface area contributed by atoms with E-state index in [9.17, 15) is 4.79 Å². The van der Waals surface area contributed by atoms with Crippen molar-refractivity contribution >= 4 is 27.5 Å². The average molecular weight is 303 g/mol. The van der Waals surface area contributed by atoms with Gasteiger partial charge in [-0.05, 0) is 39.7 Å². The molecule has 0 spiro atoms. The molecule has 0 saturated heterocycles. The van der Waals surface area contributed by atoms with Crippen molar-refractivity contribution in [2.75, 3.05) is 5.32 Å². The largest absolute Gasteiger partial charge is 0.325 e. The number of rotatable bonds is 2. The highest BCUT2D eigenvalue weighted by Gasteiger charge is 2.30. The Bertz CT molecular complexity index is 612. The zero-order valence-electron chi connectivity index (χ0n) is 9.56. The fraction of sp³-hybridized carbons (Fsp3) is 0.143. The van der Waals surface area contributed by atoms with Crippen molar-refractivity contribution in [3.63, 3.8) is 0 Å². The Hall–Kier alpha value is -1.68. The van der Waals surface area contributed by atoms with E-state index < -0.39 is 0 Å². The number of nitrogens with zero attached hydrogens (tertiary/aromatic N) is 1. The number of amides is 1. The highest BCUT2D eigenvalue weighted by molar-refractivity contribution is 9.10. The van der Waals surface area contributed by atoms with Crippen LogP contribution in [-0.4, -0.2) is 10.9 Å². The Morgan fingerprint density at radius 2 is 2.00 bits per heavy atom. The van der Waals surface area contributed by atoms with Crippen molar-refractivity contribution in [3.05, 3.63) is 58.3 Å². The summed E-state index contributed by atoms with van der Waals surface area (Å²) in [5.41, 5.74) is 2.90. The van der Waals surface area contributed by atoms with Crippen LogP contribution in [0.15, 0.2) is 47.1 Å². The lowest BCUT2D eigenvalue weighted by Gasteiger charge is -2.08. The molecule has 0 fully saturated rings. The summed E-state index contributed by atoms with van der Waals surface area (Å²) < 4.78 is 0.798. The van der Waals surface area contributed by atoms with Crippen molar-refractivity contribution in [2.45, 2.75) is 12.3 Å². The van der Waals surface area contributed by atoms with Crippen LogP contribution in [0.5, 0.6) is 0 Å². The minimum Gasteiger partial charge on any atom is -0.325 e. The number of benzene rings is 1. The number of halogens is 1. The Morgan fingerprint density at radius 1 is 1.17 bits per heavy atom. The number of pyridine rings is 1. The molecule has 1 aliphatic rings. The van der Waals surface area contributed by atoms with Crippen LogP contribution in [0, 0.1) is 0 Å². The predicted octanol–water partition coefficient (Wildman–Crippen LogP) is 3.12. The van der Waals surface area contributed by atoms with Gasteiger partial charge in [0.1, 0.15) is 4.60 Å². The number of carbonyl (C=O) groups is 1. The fourth-order valence-corrected chi connectivity index (χ4v) is 2.63. The molecule has 0 saturated carbocycles. The molecule has 18 heavy (non-hydrogen) atoms. The molecule has 0 bridgehead atoms. The molecule has 1 N–H and O–H groups in total. The molecule has 1 aromatic heterocycles. The van der Waals surface area contributed by atoms with Crippen LogP contribution in [0.25, 0.3) is 0 Å². The van der Waals surface area contributed by atoms with Crippen LogP contribution in [0.4, 0.5) is 5.69 Å². The normalized spacial score (nSPS) is 17.4. The molecule has 1 unspecified atom stereocenters. The van der Waals surface area contributed by atoms with Gasteiger partial charge in [-0.1, -0.05) is 24.3 Å². The van der Waals surface area contributed by atoms with E-state index in [-0.39, 0.29) is 11.8 Å². The lowest BCUT2D eigenvalue weighted by atomic mass is 9.95. The monoisotopic (exact) mass is 302 g/mol. The minimum absolute atomic E-state index is 0.0537. The van der Waals surface area contributed by atoms with E-state index in [0.29, 0.717) is 6.42 Å². The number of para-hydroxylation sites is 1. The van der Waals surface area contributed by atoms with Gasteiger partial charge in [0.15, 0.2) is 0 Å². The molecule has 4 heteroatoms. The number of hydrogen-bond donors (Lipinski definition) is 1. The molecule has 1 atom stereocenters. The fourth-order valence-electron chi connectivity index (χ4n) is 2.25. The second-order valence-corrected chi connectivity index (χ2v) is 5.10. The van der Waals surface area contributed by atoms with E-state index in [1.807, 2.05) is 42.5 Å². The molecule has 0 aliphatic carbocycles. The first-order valence-corrected chi connectivity index (χ1v) is 6.54. The van der Waals surface area contributed by atoms with Gasteiger partial charge in [-0.15, -0.1) is 0 Å². The molecule has 1 aromatic carbocycles. The van der Waals surface area contributed by atoms with Crippen LogP contribution in [0.3, 0.4) is 0 Å². The van der Waals surface area contributed by atoms with Gasteiger partial charge >= 0.3 is 0 Å². The van der Waals surface area contributed by atoms with Crippen molar-refractivity contribution in [1.29, 1.82) is 0 Å². The quantitative estimate of drug-likeness (QED) is 0.866. The Labute approximate surface area is 113 Å². The standard InChI is InChI=1S/C14H11BrN2O/c15-13-7-3-4-9(16-13)8-11-10-5-1-2-6-12(10)17-14(11)18/h1-7,11H,8H2,(H,17,18). The zero-order chi connectivity index (χ0) is 12.5. The highest BCUT2D eigenvalue weighted by atomic mass is 79.9. The maximum Gasteiger partial charge on any atom is 0.232 e. The molecular weight excluding hydrogens is 292 g/mol. The van der Waals surface area contributed by atoms with Crippen LogP contribution in [0.1, 0.15) is 17.2 Å². The van der Waals surface area contributed by atoms with E-state index >= 15 is 0 Å². The third kappa shape index (κ3) is 2.04. The minimum atomic E-state index is -0.136. The van der Waals surface area contributed by atoms with E-state index in [4.69, 9.17) is 0 Å². The van der Waals surface area contributed by atoms with Crippen molar-refractivity contribution < 1.29 is 4.79 Å². The average Bonchev–Trinajstić information content (AvgIpc) is 2.66. The van der Waals surface area contributed by atoms with E-state index in [2.05, 4.69) is 26.2 Å². The smallest absolute Gasteiger partial charge is 0.232 e. The van der Waals surface area contributed by atoms with Crippen LogP contribution >= 0.6 is 15.9 Å². The number of aromatic nitrogens is 1. The van der Waals surface area contributed by atoms with Crippen LogP contribution in [-0.2, 0) is 11.2 Å². The molecule has 90 valence electrons. The Morgan fingerprint density at radius 3 is 2.83 bits per heavy atom. The number of nitrogens with one attached hydrogen (secondary N) is 1. The molecule has 3 nitrogen and oxygen atoms in total. The molecule has 0 radical (unpaired) electrons. The summed E-state index contributed by atoms with van der Waals surface area (Å²) >= 11 is 3.35. The SMILES string of the molecule is O=C1Nc2ccccc2C1Cc1cccc(Br)n1. The highest BCUT2D eigenvalue weighted by Crippen LogP contribution is 2.34. The third-order valence-electron chi connectivity index (χ3n) is 3.10. The summed E-state index contributed by atoms with van der Waals surface area (Å²) in [5, 5.41) is 2.90. The first-order valence-electron chi connectivity index (χ1n) is 5.75. The van der Waals surface area contributed by atoms with Gasteiger partial charge in [0.2, 0.25) is 5.91 Å². The van der Waals surface area contributed by atoms with Gasteiger partial charge in [0.25, 0.3) is 0 Å². The second kappa shape index (κ2) is 4.53. The van der Waals surface area contributed by atoms with Crippen molar-refractivity contribution in [2.24, 2.45) is 0 Å². The molecule has 2 aromatic rings. The first kappa shape index (κ1) is 11.4. The van der Waals surface area contributed by atoms with Gasteiger partial charge in [-0.3, -0.25) is 4.79 Å². The summed E-state index contributed by atoms with van der Waals surface area (Å²) in [5.74, 6) is -0.0824. The molecule has 1 amide bonds. The van der Waals surface area contributed by atoms with Crippen LogP contribution < -0.4 is 5.32 Å². The van der Waals surface area contributed by atoms with Crippen LogP contribution in [0.2, 0.25) is 0 Å². The third-order valence-corrected chi connectivity index (χ3v) is 3.54. The van der Waals surface area contributed by atoms with E-state index in [1.165, 1.54) is 0 Å². The first-order chi connectivity index (χ1) is 8.74. The predicted molar refractivity (Wildman–Crippen MR) is 73.5 cm³/mol. The molecule has 1 aliphatic heterocycles. The Balaban J connectivity index is 1.91. The van der Waals surface area contributed by atoms with Gasteiger partial charge in [0, 0.05) is 17.8 Å². The number of hydrogen-bond acceptors (Lipinski definition) is 2. The lowest BCUT2D eigenvalue weighted by molar-refractivity contribution is -0.117. The summed E-state index contributed by atoms with van der Waals surface area (Å²) in [6, 6.07) is 13.6. The topological polar surface area (TPSA) is 42.0 Å². The zero-order valence-corrected chi connectivity index (χ0v) is 11.1. The summed E-state index contributed by atoms with van der Waals surface area (Å²) in [7, 11) is 0. The second-order valence-electron chi connectivity index (χ2n) is 4.28. The molecule has 2 heterocycles. The maximum absolute atomic E-state index is 12.0. The Kier molecular flexibility index (Phi) is 2.88.